The van der Waals surface area contributed by atoms with Gasteiger partial charge in [-0.3, -0.25) is 9.59 Å². The topological polar surface area (TPSA) is 54.4 Å². The number of hydrogen-bond donors (Lipinski definition) is 1. The molecule has 0 aromatic carbocycles. The van der Waals surface area contributed by atoms with Gasteiger partial charge in [-0.2, -0.15) is 0 Å². The fourth-order valence-electron chi connectivity index (χ4n) is 7.84. The Morgan fingerprint density at radius 3 is 2.58 bits per heavy atom. The first-order chi connectivity index (χ1) is 11.3. The molecule has 0 saturated heterocycles. The maximum Gasteiger partial charge on any atom is 0.133 e. The van der Waals surface area contributed by atoms with E-state index < -0.39 is 0 Å². The summed E-state index contributed by atoms with van der Waals surface area (Å²) in [6.45, 7) is 6.36. The van der Waals surface area contributed by atoms with Crippen LogP contribution in [0.2, 0.25) is 0 Å². The molecule has 0 spiro atoms. The summed E-state index contributed by atoms with van der Waals surface area (Å²) in [7, 11) is 0. The monoisotopic (exact) mass is 332 g/mol. The Morgan fingerprint density at radius 1 is 1.12 bits per heavy atom. The molecule has 3 heteroatoms. The maximum atomic E-state index is 12.2. The van der Waals surface area contributed by atoms with Gasteiger partial charge in [-0.15, -0.1) is 0 Å². The number of rotatable bonds is 1. The molecule has 8 atom stereocenters. The van der Waals surface area contributed by atoms with E-state index in [1.54, 1.807) is 6.92 Å². The number of aliphatic hydroxyl groups excluding tert-OH is 1. The van der Waals surface area contributed by atoms with Crippen molar-refractivity contribution in [2.75, 3.05) is 0 Å². The predicted molar refractivity (Wildman–Crippen MR) is 92.3 cm³/mol. The normalized spacial score (nSPS) is 53.9. The number of fused-ring (bicyclic) bond motifs is 5. The fraction of sp³-hybridized carbons (Fsp3) is 0.905. The zero-order valence-electron chi connectivity index (χ0n) is 15.4. The van der Waals surface area contributed by atoms with Gasteiger partial charge in [0, 0.05) is 18.8 Å². The van der Waals surface area contributed by atoms with Crippen LogP contribution < -0.4 is 0 Å². The molecule has 4 fully saturated rings. The van der Waals surface area contributed by atoms with Crippen LogP contribution in [0.1, 0.15) is 72.1 Å². The summed E-state index contributed by atoms with van der Waals surface area (Å²) >= 11 is 0. The first-order valence-electron chi connectivity index (χ1n) is 9.97. The summed E-state index contributed by atoms with van der Waals surface area (Å²) in [4.78, 5) is 24.1. The Balaban J connectivity index is 1.68. The second kappa shape index (κ2) is 5.40. The van der Waals surface area contributed by atoms with E-state index in [0.717, 1.165) is 44.9 Å². The van der Waals surface area contributed by atoms with Crippen molar-refractivity contribution in [3.05, 3.63) is 0 Å². The third kappa shape index (κ3) is 2.12. The van der Waals surface area contributed by atoms with Crippen LogP contribution in [0.4, 0.5) is 0 Å². The van der Waals surface area contributed by atoms with Gasteiger partial charge in [0.1, 0.15) is 11.6 Å². The molecule has 24 heavy (non-hydrogen) atoms. The van der Waals surface area contributed by atoms with E-state index in [2.05, 4.69) is 13.8 Å². The fourth-order valence-corrected chi connectivity index (χ4v) is 7.84. The van der Waals surface area contributed by atoms with Crippen molar-refractivity contribution >= 4 is 11.6 Å². The molecule has 0 amide bonds. The summed E-state index contributed by atoms with van der Waals surface area (Å²) in [5.74, 6) is 2.78. The van der Waals surface area contributed by atoms with Crippen molar-refractivity contribution in [1.82, 2.24) is 0 Å². The van der Waals surface area contributed by atoms with Gasteiger partial charge < -0.3 is 5.11 Å². The lowest BCUT2D eigenvalue weighted by Gasteiger charge is -2.61. The van der Waals surface area contributed by atoms with E-state index in [1.165, 1.54) is 0 Å². The number of ketones is 2. The molecular formula is C21H32O3. The van der Waals surface area contributed by atoms with Gasteiger partial charge in [-0.05, 0) is 80.0 Å². The van der Waals surface area contributed by atoms with Crippen molar-refractivity contribution in [3.8, 4) is 0 Å². The van der Waals surface area contributed by atoms with Gasteiger partial charge in [0.05, 0.1) is 6.10 Å². The highest BCUT2D eigenvalue weighted by atomic mass is 16.3. The molecule has 0 radical (unpaired) electrons. The Kier molecular flexibility index (Phi) is 3.77. The molecule has 134 valence electrons. The molecule has 6 unspecified atom stereocenters. The highest BCUT2D eigenvalue weighted by Crippen LogP contribution is 2.67. The lowest BCUT2D eigenvalue weighted by molar-refractivity contribution is -0.173. The molecule has 1 N–H and O–H groups in total. The van der Waals surface area contributed by atoms with Crippen LogP contribution in [0.5, 0.6) is 0 Å². The second-order valence-corrected chi connectivity index (χ2v) is 9.84. The van der Waals surface area contributed by atoms with Crippen molar-refractivity contribution in [3.63, 3.8) is 0 Å². The summed E-state index contributed by atoms with van der Waals surface area (Å²) in [6.07, 6.45) is 7.27. The lowest BCUT2D eigenvalue weighted by Crippen LogP contribution is -2.59. The molecule has 0 aromatic rings. The van der Waals surface area contributed by atoms with Crippen LogP contribution in [-0.4, -0.2) is 22.8 Å². The maximum absolute atomic E-state index is 12.2. The molecule has 3 nitrogen and oxygen atoms in total. The largest absolute Gasteiger partial charge is 0.393 e. The minimum atomic E-state index is -0.308. The van der Waals surface area contributed by atoms with Gasteiger partial charge in [-0.25, -0.2) is 0 Å². The Morgan fingerprint density at radius 2 is 1.88 bits per heavy atom. The van der Waals surface area contributed by atoms with E-state index in [4.69, 9.17) is 0 Å². The minimum absolute atomic E-state index is 0.0138. The van der Waals surface area contributed by atoms with Gasteiger partial charge in [0.2, 0.25) is 0 Å². The SMILES string of the molecule is CC(=O)C1CCC2C3CC[C@H]4CC(=O)CCC4(C)C3[C@H](O)CC12C. The van der Waals surface area contributed by atoms with Crippen LogP contribution in [0, 0.1) is 40.4 Å². The van der Waals surface area contributed by atoms with E-state index in [1.807, 2.05) is 0 Å². The number of carbonyl (C=O) groups is 2. The predicted octanol–water partition coefficient (Wildman–Crippen LogP) is 3.77. The zero-order chi connectivity index (χ0) is 17.3. The Bertz CT molecular complexity index is 569. The molecular weight excluding hydrogens is 300 g/mol. The highest BCUT2D eigenvalue weighted by molar-refractivity contribution is 5.80. The first kappa shape index (κ1) is 16.8. The van der Waals surface area contributed by atoms with Gasteiger partial charge in [0.15, 0.2) is 0 Å². The first-order valence-corrected chi connectivity index (χ1v) is 9.97. The molecule has 0 bridgehead atoms. The van der Waals surface area contributed by atoms with E-state index in [-0.39, 0.29) is 22.9 Å². The third-order valence-corrected chi connectivity index (χ3v) is 8.90. The lowest BCUT2D eigenvalue weighted by atomic mass is 9.44. The molecule has 4 rings (SSSR count). The average Bonchev–Trinajstić information content (AvgIpc) is 2.84. The number of Topliss-reactive ketones (excluding diaryl/α,β-unsaturated/α-hetero) is 2. The number of carbonyl (C=O) groups excluding carboxylic acids is 2. The van der Waals surface area contributed by atoms with E-state index >= 15 is 0 Å². The van der Waals surface area contributed by atoms with Gasteiger partial charge in [-0.1, -0.05) is 13.8 Å². The smallest absolute Gasteiger partial charge is 0.133 e. The van der Waals surface area contributed by atoms with Crippen LogP contribution >= 0.6 is 0 Å². The summed E-state index contributed by atoms with van der Waals surface area (Å²) in [5, 5.41) is 11.2. The van der Waals surface area contributed by atoms with Crippen LogP contribution in [-0.2, 0) is 9.59 Å². The Labute approximate surface area is 145 Å². The molecule has 0 aliphatic heterocycles. The van der Waals surface area contributed by atoms with Crippen LogP contribution in [0.15, 0.2) is 0 Å². The van der Waals surface area contributed by atoms with Crippen molar-refractivity contribution in [1.29, 1.82) is 0 Å². The third-order valence-electron chi connectivity index (χ3n) is 8.90. The van der Waals surface area contributed by atoms with Crippen molar-refractivity contribution in [2.24, 2.45) is 40.4 Å². The van der Waals surface area contributed by atoms with Crippen molar-refractivity contribution < 1.29 is 14.7 Å². The number of hydrogen-bond acceptors (Lipinski definition) is 3. The average molecular weight is 332 g/mol. The summed E-state index contributed by atoms with van der Waals surface area (Å²) in [5.41, 5.74) is 0.103. The van der Waals surface area contributed by atoms with E-state index in [0.29, 0.717) is 41.7 Å². The molecule has 4 saturated carbocycles. The molecule has 0 heterocycles. The standard InChI is InChI=1S/C21H32O3/c1-12(22)16-6-7-17-15-5-4-13-10-14(23)8-9-20(13,2)19(15)18(24)11-21(16,17)3/h13,15-19,24H,4-11H2,1-3H3/t13-,15?,16?,17?,18+,19?,20?,21?/m0/s1. The van der Waals surface area contributed by atoms with Crippen LogP contribution in [0.3, 0.4) is 0 Å². The van der Waals surface area contributed by atoms with Crippen molar-refractivity contribution in [2.45, 2.75) is 78.2 Å². The quantitative estimate of drug-likeness (QED) is 0.795. The molecule has 4 aliphatic carbocycles. The number of aliphatic hydroxyl groups is 1. The summed E-state index contributed by atoms with van der Waals surface area (Å²) < 4.78 is 0. The van der Waals surface area contributed by atoms with E-state index in [9.17, 15) is 14.7 Å². The summed E-state index contributed by atoms with van der Waals surface area (Å²) in [6, 6.07) is 0. The van der Waals surface area contributed by atoms with Gasteiger partial charge in [0.25, 0.3) is 0 Å². The van der Waals surface area contributed by atoms with Crippen LogP contribution in [0.25, 0.3) is 0 Å². The van der Waals surface area contributed by atoms with Gasteiger partial charge >= 0.3 is 0 Å². The minimum Gasteiger partial charge on any atom is -0.393 e. The molecule has 4 aliphatic rings. The second-order valence-electron chi connectivity index (χ2n) is 9.84. The Hall–Kier alpha value is -0.700. The highest BCUT2D eigenvalue weighted by Gasteiger charge is 2.63. The zero-order valence-corrected chi connectivity index (χ0v) is 15.4. The molecule has 0 aromatic heterocycles.